The minimum Gasteiger partial charge on any atom is -0.379 e. The smallest absolute Gasteiger partial charge is 0.379 e. The summed E-state index contributed by atoms with van der Waals surface area (Å²) in [5.41, 5.74) is 1.34. The molecule has 0 unspecified atom stereocenters. The molecule has 0 saturated carbocycles. The molecule has 3 rings (SSSR count). The lowest BCUT2D eigenvalue weighted by Crippen LogP contribution is -2.29. The highest BCUT2D eigenvalue weighted by molar-refractivity contribution is 5.87. The maximum atomic E-state index is 13.4. The van der Waals surface area contributed by atoms with Gasteiger partial charge in [-0.15, -0.1) is 0 Å². The zero-order chi connectivity index (χ0) is 25.1. The Morgan fingerprint density at radius 3 is 2.21 bits per heavy atom. The van der Waals surface area contributed by atoms with Crippen LogP contribution < -0.4 is 10.3 Å². The zero-order valence-electron chi connectivity index (χ0n) is 18.4. The van der Waals surface area contributed by atoms with Gasteiger partial charge < -0.3 is 9.36 Å². The average molecular weight is 488 g/mol. The minimum absolute atomic E-state index is 0.0685. The van der Waals surface area contributed by atoms with Crippen molar-refractivity contribution in [3.05, 3.63) is 58.3 Å². The highest BCUT2D eigenvalue weighted by Crippen LogP contribution is 2.40. The highest BCUT2D eigenvalue weighted by atomic mass is 19.4. The number of aryl methyl sites for hydroxylation is 2. The molecular weight excluding hydrogens is 466 g/mol. The Morgan fingerprint density at radius 1 is 1.00 bits per heavy atom. The summed E-state index contributed by atoms with van der Waals surface area (Å²) in [7, 11) is 0. The van der Waals surface area contributed by atoms with Gasteiger partial charge in [0.05, 0.1) is 17.4 Å². The number of nitrogens with zero attached hydrogens (tertiary/aromatic N) is 1. The first kappa shape index (κ1) is 25.4. The molecule has 1 N–H and O–H groups in total. The summed E-state index contributed by atoms with van der Waals surface area (Å²) in [6.45, 7) is 3.67. The number of aromatic nitrogens is 1. The quantitative estimate of drug-likeness (QED) is 0.294. The molecule has 1 amide bonds. The number of hydroxylamine groups is 1. The molecule has 0 spiro atoms. The first-order valence-electron chi connectivity index (χ1n) is 10.6. The second-order valence-electron chi connectivity index (χ2n) is 7.75. The third-order valence-electron chi connectivity index (χ3n) is 5.09. The maximum Gasteiger partial charge on any atom is 0.437 e. The molecule has 11 heteroatoms. The third kappa shape index (κ3) is 5.63. The predicted octanol–water partition coefficient (Wildman–Crippen LogP) is 6.42. The second-order valence-corrected chi connectivity index (χ2v) is 7.75. The van der Waals surface area contributed by atoms with E-state index in [4.69, 9.17) is 9.36 Å². The largest absolute Gasteiger partial charge is 0.437 e. The lowest BCUT2D eigenvalue weighted by Gasteiger charge is -2.16. The summed E-state index contributed by atoms with van der Waals surface area (Å²) >= 11 is 0. The van der Waals surface area contributed by atoms with Crippen LogP contribution in [-0.4, -0.2) is 11.1 Å². The number of nitrogens with one attached hydrogen (secondary N) is 1. The fraction of sp³-hybridized carbons (Fsp3) is 0.391. The summed E-state index contributed by atoms with van der Waals surface area (Å²) in [5.74, 6) is -0.458. The van der Waals surface area contributed by atoms with Crippen molar-refractivity contribution in [2.75, 3.05) is 0 Å². The van der Waals surface area contributed by atoms with Crippen LogP contribution in [0.3, 0.4) is 0 Å². The van der Waals surface area contributed by atoms with Crippen LogP contribution in [0.1, 0.15) is 54.6 Å². The molecule has 1 aromatic heterocycles. The minimum atomic E-state index is -4.70. The van der Waals surface area contributed by atoms with Crippen molar-refractivity contribution in [1.29, 1.82) is 0 Å². The lowest BCUT2D eigenvalue weighted by molar-refractivity contribution is -0.141. The zero-order valence-corrected chi connectivity index (χ0v) is 18.4. The van der Waals surface area contributed by atoms with E-state index >= 15 is 0 Å². The number of benzene rings is 2. The summed E-state index contributed by atoms with van der Waals surface area (Å²) in [6.07, 6.45) is -7.60. The molecule has 0 aliphatic heterocycles. The Balaban J connectivity index is 1.87. The van der Waals surface area contributed by atoms with E-state index in [1.54, 1.807) is 0 Å². The second kappa shape index (κ2) is 9.94. The molecule has 0 aliphatic carbocycles. The number of amides is 1. The normalized spacial score (nSPS) is 12.2. The number of carbonyl (C=O) groups is 1. The van der Waals surface area contributed by atoms with E-state index in [1.807, 2.05) is 13.8 Å². The number of alkyl halides is 6. The van der Waals surface area contributed by atoms with Crippen LogP contribution in [0, 0.1) is 0 Å². The van der Waals surface area contributed by atoms with E-state index in [1.165, 1.54) is 18.2 Å². The van der Waals surface area contributed by atoms with Crippen molar-refractivity contribution in [1.82, 2.24) is 10.6 Å². The van der Waals surface area contributed by atoms with Crippen molar-refractivity contribution < 1.29 is 40.5 Å². The van der Waals surface area contributed by atoms with Crippen molar-refractivity contribution in [3.8, 4) is 5.75 Å². The van der Waals surface area contributed by atoms with Crippen molar-refractivity contribution in [2.24, 2.45) is 0 Å². The molecule has 184 valence electrons. The monoisotopic (exact) mass is 488 g/mol. The van der Waals surface area contributed by atoms with Crippen LogP contribution in [0.4, 0.5) is 26.3 Å². The SMILES string of the molecule is CCCc1cc2c(C(F)(F)F)noc2c(CCC)c1ONC(=O)Cc1ccc(C(F)(F)F)cc1. The number of carbonyl (C=O) groups excluding carboxylic acids is 1. The molecule has 2 aromatic carbocycles. The Hall–Kier alpha value is -3.24. The lowest BCUT2D eigenvalue weighted by atomic mass is 9.98. The molecule has 34 heavy (non-hydrogen) atoms. The topological polar surface area (TPSA) is 64.4 Å². The Labute approximate surface area is 191 Å². The van der Waals surface area contributed by atoms with Gasteiger partial charge in [0.1, 0.15) is 0 Å². The van der Waals surface area contributed by atoms with Gasteiger partial charge >= 0.3 is 12.4 Å². The van der Waals surface area contributed by atoms with Crippen LogP contribution in [0.25, 0.3) is 11.0 Å². The number of rotatable bonds is 8. The fourth-order valence-corrected chi connectivity index (χ4v) is 3.59. The molecule has 1 heterocycles. The Kier molecular flexibility index (Phi) is 7.42. The van der Waals surface area contributed by atoms with Gasteiger partial charge in [0.15, 0.2) is 17.0 Å². The summed E-state index contributed by atoms with van der Waals surface area (Å²) in [6, 6.07) is 5.42. The average Bonchev–Trinajstić information content (AvgIpc) is 3.17. The van der Waals surface area contributed by atoms with Gasteiger partial charge in [-0.1, -0.05) is 44.0 Å². The van der Waals surface area contributed by atoms with Gasteiger partial charge in [0.2, 0.25) is 0 Å². The van der Waals surface area contributed by atoms with Gasteiger partial charge in [-0.05, 0) is 42.2 Å². The molecule has 3 aromatic rings. The molecule has 0 aliphatic rings. The molecular formula is C23H22F6N2O3. The molecule has 0 radical (unpaired) electrons. The first-order valence-corrected chi connectivity index (χ1v) is 10.6. The fourth-order valence-electron chi connectivity index (χ4n) is 3.59. The van der Waals surface area contributed by atoms with Gasteiger partial charge in [0, 0.05) is 5.56 Å². The molecule has 5 nitrogen and oxygen atoms in total. The van der Waals surface area contributed by atoms with E-state index < -0.39 is 29.5 Å². The number of hydrogen-bond donors (Lipinski definition) is 1. The van der Waals surface area contributed by atoms with E-state index in [0.29, 0.717) is 42.4 Å². The Bertz CT molecular complexity index is 1150. The number of hydrogen-bond acceptors (Lipinski definition) is 4. The highest BCUT2D eigenvalue weighted by Gasteiger charge is 2.38. The molecule has 0 atom stereocenters. The van der Waals surface area contributed by atoms with Crippen molar-refractivity contribution in [3.63, 3.8) is 0 Å². The number of fused-ring (bicyclic) bond motifs is 1. The molecule has 0 fully saturated rings. The standard InChI is InChI=1S/C23H22F6N2O3/c1-3-5-14-12-17-20(34-31-21(17)23(27,28)29)16(6-4-2)19(14)33-30-18(32)11-13-7-9-15(10-8-13)22(24,25)26/h7-10,12H,3-6,11H2,1-2H3,(H,30,32). The maximum absolute atomic E-state index is 13.4. The van der Waals surface area contributed by atoms with E-state index in [0.717, 1.165) is 12.1 Å². The van der Waals surface area contributed by atoms with E-state index in [9.17, 15) is 31.1 Å². The van der Waals surface area contributed by atoms with Gasteiger partial charge in [-0.25, -0.2) is 0 Å². The van der Waals surface area contributed by atoms with Gasteiger partial charge in [0.25, 0.3) is 5.91 Å². The summed E-state index contributed by atoms with van der Waals surface area (Å²) in [5, 5.41) is 3.03. The van der Waals surface area contributed by atoms with Gasteiger partial charge in [-0.2, -0.15) is 31.8 Å². The summed E-state index contributed by atoms with van der Waals surface area (Å²) in [4.78, 5) is 17.9. The first-order chi connectivity index (χ1) is 16.0. The third-order valence-corrected chi connectivity index (χ3v) is 5.09. The summed E-state index contributed by atoms with van der Waals surface area (Å²) < 4.78 is 83.2. The van der Waals surface area contributed by atoms with Crippen LogP contribution in [0.5, 0.6) is 5.75 Å². The van der Waals surface area contributed by atoms with Crippen LogP contribution in [0.2, 0.25) is 0 Å². The van der Waals surface area contributed by atoms with Gasteiger partial charge in [-0.3, -0.25) is 4.79 Å². The van der Waals surface area contributed by atoms with Crippen LogP contribution in [0.15, 0.2) is 34.9 Å². The van der Waals surface area contributed by atoms with Crippen molar-refractivity contribution in [2.45, 2.75) is 58.3 Å². The van der Waals surface area contributed by atoms with Crippen LogP contribution in [-0.2, 0) is 36.4 Å². The van der Waals surface area contributed by atoms with Crippen molar-refractivity contribution >= 4 is 16.9 Å². The van der Waals surface area contributed by atoms with Crippen LogP contribution >= 0.6 is 0 Å². The van der Waals surface area contributed by atoms with E-state index in [-0.39, 0.29) is 23.1 Å². The molecule has 0 saturated heterocycles. The van der Waals surface area contributed by atoms with E-state index in [2.05, 4.69) is 10.6 Å². The Morgan fingerprint density at radius 2 is 1.65 bits per heavy atom. The number of halogens is 6. The predicted molar refractivity (Wildman–Crippen MR) is 111 cm³/mol. The molecule has 0 bridgehead atoms.